The van der Waals surface area contributed by atoms with Gasteiger partial charge in [0.1, 0.15) is 5.82 Å². The largest absolute Gasteiger partial charge is 0.360 e. The molecule has 0 aliphatic carbocycles. The number of rotatable bonds is 4. The van der Waals surface area contributed by atoms with Crippen molar-refractivity contribution in [2.24, 2.45) is 5.73 Å². The molecule has 0 amide bonds. The van der Waals surface area contributed by atoms with Crippen LogP contribution in [0.25, 0.3) is 0 Å². The molecule has 1 aromatic heterocycles. The van der Waals surface area contributed by atoms with Gasteiger partial charge >= 0.3 is 0 Å². The zero-order valence-corrected chi connectivity index (χ0v) is 10.1. The highest BCUT2D eigenvalue weighted by molar-refractivity contribution is 5.43. The summed E-state index contributed by atoms with van der Waals surface area (Å²) < 4.78 is 0. The van der Waals surface area contributed by atoms with Crippen LogP contribution in [0, 0.1) is 6.92 Å². The molecule has 15 heavy (non-hydrogen) atoms. The molecule has 84 valence electrons. The SMILES string of the molecule is CC[C@@H](N)c1cnc(N(C)CC)cc1C. The van der Waals surface area contributed by atoms with Gasteiger partial charge in [-0.15, -0.1) is 0 Å². The molecular weight excluding hydrogens is 186 g/mol. The summed E-state index contributed by atoms with van der Waals surface area (Å²) in [7, 11) is 2.04. The van der Waals surface area contributed by atoms with Gasteiger partial charge in [0.2, 0.25) is 0 Å². The minimum absolute atomic E-state index is 0.110. The number of hydrogen-bond donors (Lipinski definition) is 1. The van der Waals surface area contributed by atoms with Crippen molar-refractivity contribution in [1.82, 2.24) is 4.98 Å². The number of anilines is 1. The highest BCUT2D eigenvalue weighted by Crippen LogP contribution is 2.20. The van der Waals surface area contributed by atoms with Crippen molar-refractivity contribution in [3.8, 4) is 0 Å². The highest BCUT2D eigenvalue weighted by Gasteiger charge is 2.09. The quantitative estimate of drug-likeness (QED) is 0.823. The Morgan fingerprint density at radius 3 is 2.60 bits per heavy atom. The Kier molecular flexibility index (Phi) is 4.09. The topological polar surface area (TPSA) is 42.1 Å². The fourth-order valence-corrected chi connectivity index (χ4v) is 1.53. The average molecular weight is 207 g/mol. The Balaban J connectivity index is 2.97. The van der Waals surface area contributed by atoms with Gasteiger partial charge in [0.25, 0.3) is 0 Å². The van der Waals surface area contributed by atoms with Crippen molar-refractivity contribution >= 4 is 5.82 Å². The molecule has 0 unspecified atom stereocenters. The van der Waals surface area contributed by atoms with E-state index in [2.05, 4.69) is 36.7 Å². The molecule has 0 radical (unpaired) electrons. The molecule has 0 saturated heterocycles. The summed E-state index contributed by atoms with van der Waals surface area (Å²) in [5.74, 6) is 1.02. The Hall–Kier alpha value is -1.09. The van der Waals surface area contributed by atoms with Gasteiger partial charge in [-0.1, -0.05) is 6.92 Å². The van der Waals surface area contributed by atoms with E-state index in [0.29, 0.717) is 0 Å². The van der Waals surface area contributed by atoms with E-state index in [9.17, 15) is 0 Å². The second-order valence-electron chi connectivity index (χ2n) is 3.93. The van der Waals surface area contributed by atoms with E-state index in [1.54, 1.807) is 0 Å². The van der Waals surface area contributed by atoms with Gasteiger partial charge in [0.05, 0.1) is 0 Å². The molecular formula is C12H21N3. The van der Waals surface area contributed by atoms with Crippen LogP contribution in [0.4, 0.5) is 5.82 Å². The summed E-state index contributed by atoms with van der Waals surface area (Å²) in [5.41, 5.74) is 8.39. The molecule has 0 saturated carbocycles. The van der Waals surface area contributed by atoms with E-state index in [0.717, 1.165) is 24.3 Å². The Labute approximate surface area is 92.3 Å². The van der Waals surface area contributed by atoms with E-state index in [-0.39, 0.29) is 6.04 Å². The molecule has 0 bridgehead atoms. The van der Waals surface area contributed by atoms with Crippen molar-refractivity contribution in [1.29, 1.82) is 0 Å². The van der Waals surface area contributed by atoms with Crippen molar-refractivity contribution in [2.75, 3.05) is 18.5 Å². The fraction of sp³-hybridized carbons (Fsp3) is 0.583. The Morgan fingerprint density at radius 1 is 1.47 bits per heavy atom. The van der Waals surface area contributed by atoms with Gasteiger partial charge in [-0.2, -0.15) is 0 Å². The Bertz CT molecular complexity index is 323. The van der Waals surface area contributed by atoms with E-state index in [1.807, 2.05) is 13.2 Å². The van der Waals surface area contributed by atoms with Crippen LogP contribution in [0.2, 0.25) is 0 Å². The predicted octanol–water partition coefficient (Wildman–Crippen LogP) is 2.26. The van der Waals surface area contributed by atoms with Gasteiger partial charge < -0.3 is 10.6 Å². The number of pyridine rings is 1. The lowest BCUT2D eigenvalue weighted by Crippen LogP contribution is -2.18. The first kappa shape index (κ1) is 12.0. The first-order chi connectivity index (χ1) is 7.10. The molecule has 0 aromatic carbocycles. The summed E-state index contributed by atoms with van der Waals surface area (Å²) in [6.45, 7) is 7.27. The molecule has 1 heterocycles. The molecule has 1 rings (SSSR count). The Morgan fingerprint density at radius 2 is 2.13 bits per heavy atom. The lowest BCUT2D eigenvalue weighted by atomic mass is 10.0. The second-order valence-corrected chi connectivity index (χ2v) is 3.93. The van der Waals surface area contributed by atoms with Crippen molar-refractivity contribution in [3.05, 3.63) is 23.4 Å². The minimum Gasteiger partial charge on any atom is -0.360 e. The van der Waals surface area contributed by atoms with Crippen LogP contribution in [0.15, 0.2) is 12.3 Å². The molecule has 1 atom stereocenters. The van der Waals surface area contributed by atoms with Gasteiger partial charge in [-0.3, -0.25) is 0 Å². The standard InChI is InChI=1S/C12H21N3/c1-5-11(13)10-8-14-12(7-9(10)3)15(4)6-2/h7-8,11H,5-6,13H2,1-4H3/t11-/m1/s1. The molecule has 0 fully saturated rings. The maximum absolute atomic E-state index is 6.00. The zero-order valence-electron chi connectivity index (χ0n) is 10.1. The van der Waals surface area contributed by atoms with Crippen LogP contribution in [-0.2, 0) is 0 Å². The van der Waals surface area contributed by atoms with Gasteiger partial charge in [0.15, 0.2) is 0 Å². The molecule has 3 nitrogen and oxygen atoms in total. The fourth-order valence-electron chi connectivity index (χ4n) is 1.53. The third-order valence-electron chi connectivity index (χ3n) is 2.84. The molecule has 2 N–H and O–H groups in total. The monoisotopic (exact) mass is 207 g/mol. The van der Waals surface area contributed by atoms with Crippen molar-refractivity contribution in [3.63, 3.8) is 0 Å². The van der Waals surface area contributed by atoms with Gasteiger partial charge in [0, 0.05) is 25.8 Å². The summed E-state index contributed by atoms with van der Waals surface area (Å²) in [6, 6.07) is 2.22. The summed E-state index contributed by atoms with van der Waals surface area (Å²) in [5, 5.41) is 0. The van der Waals surface area contributed by atoms with Crippen molar-refractivity contribution < 1.29 is 0 Å². The summed E-state index contributed by atoms with van der Waals surface area (Å²) in [4.78, 5) is 6.54. The molecule has 3 heteroatoms. The van der Waals surface area contributed by atoms with E-state index in [1.165, 1.54) is 5.56 Å². The molecule has 0 spiro atoms. The summed E-state index contributed by atoms with van der Waals surface area (Å²) in [6.07, 6.45) is 2.86. The van der Waals surface area contributed by atoms with Crippen molar-refractivity contribution in [2.45, 2.75) is 33.2 Å². The first-order valence-electron chi connectivity index (χ1n) is 5.53. The third kappa shape index (κ3) is 2.69. The van der Waals surface area contributed by atoms with E-state index >= 15 is 0 Å². The van der Waals surface area contributed by atoms with Crippen LogP contribution in [0.5, 0.6) is 0 Å². The normalized spacial score (nSPS) is 12.6. The number of nitrogens with zero attached hydrogens (tertiary/aromatic N) is 2. The van der Waals surface area contributed by atoms with Gasteiger partial charge in [-0.25, -0.2) is 4.98 Å². The molecule has 1 aromatic rings. The van der Waals surface area contributed by atoms with Gasteiger partial charge in [-0.05, 0) is 37.5 Å². The van der Waals surface area contributed by atoms with Crippen LogP contribution in [-0.4, -0.2) is 18.6 Å². The predicted molar refractivity (Wildman–Crippen MR) is 65.1 cm³/mol. The first-order valence-corrected chi connectivity index (χ1v) is 5.53. The zero-order chi connectivity index (χ0) is 11.4. The maximum atomic E-state index is 6.00. The highest BCUT2D eigenvalue weighted by atomic mass is 15.1. The molecule has 0 aliphatic rings. The lowest BCUT2D eigenvalue weighted by Gasteiger charge is -2.18. The maximum Gasteiger partial charge on any atom is 0.128 e. The molecule has 0 aliphatic heterocycles. The smallest absolute Gasteiger partial charge is 0.128 e. The van der Waals surface area contributed by atoms with Crippen LogP contribution in [0.3, 0.4) is 0 Å². The van der Waals surface area contributed by atoms with E-state index < -0.39 is 0 Å². The number of aromatic nitrogens is 1. The number of aryl methyl sites for hydroxylation is 1. The average Bonchev–Trinajstić information content (AvgIpc) is 2.26. The summed E-state index contributed by atoms with van der Waals surface area (Å²) >= 11 is 0. The minimum atomic E-state index is 0.110. The van der Waals surface area contributed by atoms with Crippen LogP contribution >= 0.6 is 0 Å². The lowest BCUT2D eigenvalue weighted by molar-refractivity contribution is 0.689. The van der Waals surface area contributed by atoms with Crippen LogP contribution < -0.4 is 10.6 Å². The second kappa shape index (κ2) is 5.12. The van der Waals surface area contributed by atoms with Crippen LogP contribution in [0.1, 0.15) is 37.4 Å². The number of hydrogen-bond acceptors (Lipinski definition) is 3. The third-order valence-corrected chi connectivity index (χ3v) is 2.84. The van der Waals surface area contributed by atoms with E-state index in [4.69, 9.17) is 5.73 Å². The number of nitrogens with two attached hydrogens (primary N) is 1.